The Morgan fingerprint density at radius 2 is 1.77 bits per heavy atom. The molecule has 4 atom stereocenters. The zero-order valence-corrected chi connectivity index (χ0v) is 8.84. The zero-order valence-electron chi connectivity index (χ0n) is 8.84. The zero-order chi connectivity index (χ0) is 9.26. The predicted octanol–water partition coefficient (Wildman–Crippen LogP) is 2.94. The van der Waals surface area contributed by atoms with E-state index in [4.69, 9.17) is 5.73 Å². The Bertz CT molecular complexity index is 163. The first-order chi connectivity index (χ1) is 6.33. The van der Waals surface area contributed by atoms with E-state index >= 15 is 0 Å². The smallest absolute Gasteiger partial charge is 0.00700 e. The summed E-state index contributed by atoms with van der Waals surface area (Å²) >= 11 is 0. The van der Waals surface area contributed by atoms with E-state index in [1.165, 1.54) is 44.9 Å². The minimum Gasteiger partial charge on any atom is -0.327 e. The molecule has 0 saturated heterocycles. The molecule has 0 amide bonds. The third-order valence-corrected chi connectivity index (χ3v) is 4.43. The molecule has 0 aromatic rings. The standard InChI is InChI=1S/C12H23N/c1-2-9-5-3-4-6-10(9)11-7-8-12(11)13/h9-12H,2-8,13H2,1H3. The molecule has 0 heterocycles. The van der Waals surface area contributed by atoms with Gasteiger partial charge in [0, 0.05) is 6.04 Å². The van der Waals surface area contributed by atoms with Crippen LogP contribution in [0.1, 0.15) is 51.9 Å². The van der Waals surface area contributed by atoms with Crippen molar-refractivity contribution in [3.05, 3.63) is 0 Å². The van der Waals surface area contributed by atoms with Crippen LogP contribution in [-0.2, 0) is 0 Å². The van der Waals surface area contributed by atoms with Crippen molar-refractivity contribution in [3.63, 3.8) is 0 Å². The maximum atomic E-state index is 6.07. The van der Waals surface area contributed by atoms with Crippen LogP contribution in [0.25, 0.3) is 0 Å². The van der Waals surface area contributed by atoms with Crippen LogP contribution in [0.15, 0.2) is 0 Å². The van der Waals surface area contributed by atoms with Gasteiger partial charge in [0.15, 0.2) is 0 Å². The average molecular weight is 181 g/mol. The molecule has 2 aliphatic carbocycles. The van der Waals surface area contributed by atoms with Crippen molar-refractivity contribution in [3.8, 4) is 0 Å². The molecule has 0 aliphatic heterocycles. The molecule has 76 valence electrons. The Balaban J connectivity index is 1.94. The topological polar surface area (TPSA) is 26.0 Å². The van der Waals surface area contributed by atoms with E-state index in [0.29, 0.717) is 6.04 Å². The van der Waals surface area contributed by atoms with Crippen molar-refractivity contribution in [2.75, 3.05) is 0 Å². The summed E-state index contributed by atoms with van der Waals surface area (Å²) in [5, 5.41) is 0. The molecule has 0 aromatic heterocycles. The molecule has 2 aliphatic rings. The fraction of sp³-hybridized carbons (Fsp3) is 1.00. The van der Waals surface area contributed by atoms with Crippen LogP contribution in [0.4, 0.5) is 0 Å². The van der Waals surface area contributed by atoms with Gasteiger partial charge in [0.2, 0.25) is 0 Å². The fourth-order valence-electron chi connectivity index (χ4n) is 3.39. The van der Waals surface area contributed by atoms with Crippen LogP contribution in [0.2, 0.25) is 0 Å². The van der Waals surface area contributed by atoms with Crippen molar-refractivity contribution < 1.29 is 0 Å². The summed E-state index contributed by atoms with van der Waals surface area (Å²) in [4.78, 5) is 0. The molecule has 2 fully saturated rings. The van der Waals surface area contributed by atoms with Gasteiger partial charge >= 0.3 is 0 Å². The second kappa shape index (κ2) is 4.00. The first kappa shape index (κ1) is 9.51. The third-order valence-electron chi connectivity index (χ3n) is 4.43. The van der Waals surface area contributed by atoms with E-state index in [2.05, 4.69) is 6.92 Å². The van der Waals surface area contributed by atoms with Gasteiger partial charge < -0.3 is 5.73 Å². The largest absolute Gasteiger partial charge is 0.327 e. The highest BCUT2D eigenvalue weighted by Gasteiger charge is 2.38. The van der Waals surface area contributed by atoms with Gasteiger partial charge in [0.05, 0.1) is 0 Å². The van der Waals surface area contributed by atoms with Crippen LogP contribution in [0.5, 0.6) is 0 Å². The van der Waals surface area contributed by atoms with Gasteiger partial charge in [0.25, 0.3) is 0 Å². The lowest BCUT2D eigenvalue weighted by Crippen LogP contribution is -2.46. The molecule has 1 nitrogen and oxygen atoms in total. The summed E-state index contributed by atoms with van der Waals surface area (Å²) in [6.45, 7) is 2.35. The quantitative estimate of drug-likeness (QED) is 0.696. The van der Waals surface area contributed by atoms with E-state index in [9.17, 15) is 0 Å². The number of rotatable bonds is 2. The summed E-state index contributed by atoms with van der Waals surface area (Å²) in [7, 11) is 0. The molecule has 0 radical (unpaired) electrons. The van der Waals surface area contributed by atoms with Gasteiger partial charge in [-0.05, 0) is 37.0 Å². The first-order valence-electron chi connectivity index (χ1n) is 6.08. The Morgan fingerprint density at radius 1 is 1.00 bits per heavy atom. The summed E-state index contributed by atoms with van der Waals surface area (Å²) in [6, 6.07) is 0.553. The summed E-state index contributed by atoms with van der Waals surface area (Å²) in [6.07, 6.45) is 9.97. The maximum absolute atomic E-state index is 6.07. The lowest BCUT2D eigenvalue weighted by molar-refractivity contribution is 0.0790. The predicted molar refractivity (Wildman–Crippen MR) is 56.4 cm³/mol. The average Bonchev–Trinajstić information content (AvgIpc) is 2.16. The molecule has 2 saturated carbocycles. The number of hydrogen-bond donors (Lipinski definition) is 1. The first-order valence-corrected chi connectivity index (χ1v) is 6.08. The molecule has 13 heavy (non-hydrogen) atoms. The molecular formula is C12H23N. The minimum atomic E-state index is 0.553. The summed E-state index contributed by atoms with van der Waals surface area (Å²) < 4.78 is 0. The van der Waals surface area contributed by atoms with E-state index in [1.54, 1.807) is 0 Å². The monoisotopic (exact) mass is 181 g/mol. The summed E-state index contributed by atoms with van der Waals surface area (Å²) in [5.41, 5.74) is 6.07. The van der Waals surface area contributed by atoms with Gasteiger partial charge in [-0.1, -0.05) is 32.6 Å². The van der Waals surface area contributed by atoms with Crippen molar-refractivity contribution in [2.24, 2.45) is 23.5 Å². The number of hydrogen-bond acceptors (Lipinski definition) is 1. The second-order valence-electron chi connectivity index (χ2n) is 5.02. The van der Waals surface area contributed by atoms with Crippen LogP contribution in [0.3, 0.4) is 0 Å². The third kappa shape index (κ3) is 1.76. The van der Waals surface area contributed by atoms with E-state index in [-0.39, 0.29) is 0 Å². The van der Waals surface area contributed by atoms with Crippen molar-refractivity contribution in [1.29, 1.82) is 0 Å². The highest BCUT2D eigenvalue weighted by Crippen LogP contribution is 2.44. The lowest BCUT2D eigenvalue weighted by atomic mass is 9.62. The van der Waals surface area contributed by atoms with Gasteiger partial charge in [-0.3, -0.25) is 0 Å². The van der Waals surface area contributed by atoms with Gasteiger partial charge in [0.1, 0.15) is 0 Å². The van der Waals surface area contributed by atoms with Crippen LogP contribution in [0, 0.1) is 17.8 Å². The molecule has 2 N–H and O–H groups in total. The maximum Gasteiger partial charge on any atom is 0.00700 e. The molecule has 0 bridgehead atoms. The second-order valence-corrected chi connectivity index (χ2v) is 5.02. The Morgan fingerprint density at radius 3 is 2.31 bits per heavy atom. The Labute approximate surface area is 82.1 Å². The molecule has 0 aromatic carbocycles. The Kier molecular flexibility index (Phi) is 2.92. The molecule has 4 unspecified atom stereocenters. The van der Waals surface area contributed by atoms with Crippen LogP contribution < -0.4 is 5.73 Å². The van der Waals surface area contributed by atoms with E-state index < -0.39 is 0 Å². The highest BCUT2D eigenvalue weighted by molar-refractivity contribution is 4.92. The van der Waals surface area contributed by atoms with Crippen LogP contribution in [-0.4, -0.2) is 6.04 Å². The SMILES string of the molecule is CCC1CCCCC1C1CCC1N. The molecule has 2 rings (SSSR count). The van der Waals surface area contributed by atoms with Gasteiger partial charge in [-0.15, -0.1) is 0 Å². The number of nitrogens with two attached hydrogens (primary N) is 1. The fourth-order valence-corrected chi connectivity index (χ4v) is 3.39. The Hall–Kier alpha value is -0.0400. The van der Waals surface area contributed by atoms with E-state index in [0.717, 1.165) is 17.8 Å². The lowest BCUT2D eigenvalue weighted by Gasteiger charge is -2.45. The van der Waals surface area contributed by atoms with Gasteiger partial charge in [-0.25, -0.2) is 0 Å². The minimum absolute atomic E-state index is 0.553. The normalized spacial score (nSPS) is 45.7. The van der Waals surface area contributed by atoms with Crippen LogP contribution >= 0.6 is 0 Å². The van der Waals surface area contributed by atoms with Gasteiger partial charge in [-0.2, -0.15) is 0 Å². The van der Waals surface area contributed by atoms with Crippen molar-refractivity contribution in [1.82, 2.24) is 0 Å². The van der Waals surface area contributed by atoms with E-state index in [1.807, 2.05) is 0 Å². The van der Waals surface area contributed by atoms with Crippen molar-refractivity contribution in [2.45, 2.75) is 57.9 Å². The molecular weight excluding hydrogens is 158 g/mol. The highest BCUT2D eigenvalue weighted by atomic mass is 14.7. The van der Waals surface area contributed by atoms with Crippen molar-refractivity contribution >= 4 is 0 Å². The summed E-state index contributed by atoms with van der Waals surface area (Å²) in [5.74, 6) is 2.89. The molecule has 1 heteroatoms. The molecule has 0 spiro atoms.